The lowest BCUT2D eigenvalue weighted by molar-refractivity contribution is 0.164. The van der Waals surface area contributed by atoms with Crippen LogP contribution < -0.4 is 15.7 Å². The predicted molar refractivity (Wildman–Crippen MR) is 145 cm³/mol. The van der Waals surface area contributed by atoms with E-state index in [1.54, 1.807) is 12.4 Å². The molecule has 14 heteroatoms. The molecule has 2 aliphatic rings. The van der Waals surface area contributed by atoms with Crippen LogP contribution in [0.25, 0.3) is 11.1 Å². The molecule has 1 aliphatic heterocycles. The molecule has 3 heterocycles. The molecule has 0 radical (unpaired) electrons. The van der Waals surface area contributed by atoms with Crippen molar-refractivity contribution < 1.29 is 22.9 Å². The van der Waals surface area contributed by atoms with E-state index in [-0.39, 0.29) is 17.0 Å². The third-order valence-electron chi connectivity index (χ3n) is 7.10. The highest BCUT2D eigenvalue weighted by Gasteiger charge is 2.27. The van der Waals surface area contributed by atoms with Crippen LogP contribution in [0.5, 0.6) is 0 Å². The van der Waals surface area contributed by atoms with Crippen molar-refractivity contribution in [3.05, 3.63) is 58.4 Å². The Morgan fingerprint density at radius 1 is 1.28 bits per heavy atom. The highest BCUT2D eigenvalue weighted by Crippen LogP contribution is 2.37. The number of sulfonamides is 1. The van der Waals surface area contributed by atoms with Gasteiger partial charge in [0.05, 0.1) is 5.69 Å². The molecule has 3 N–H and O–H groups in total. The van der Waals surface area contributed by atoms with Gasteiger partial charge in [-0.05, 0) is 69.0 Å². The molecule has 2 amide bonds. The van der Waals surface area contributed by atoms with E-state index in [0.717, 1.165) is 30.4 Å². The molecule has 0 saturated carbocycles. The third-order valence-corrected chi connectivity index (χ3v) is 8.33. The van der Waals surface area contributed by atoms with Crippen LogP contribution in [-0.2, 0) is 34.1 Å². The standard InChI is InChI=1S/C25H31BN6O6S/c1-16(2)32-11-9-22(29-32)39(36,37)30-24(33)28-23-20-5-3-4-18(20)6-7-21(23)19-12-27-25(34)31(14-19)13-17-8-10-26(35)38-15-17/h6-7,9,11-12,14,16-17,35H,3-5,8,10,13,15H2,1-2H3,(H2,28,30,33). The van der Waals surface area contributed by atoms with Crippen LogP contribution >= 0.6 is 0 Å². The summed E-state index contributed by atoms with van der Waals surface area (Å²) in [7, 11) is -4.97. The predicted octanol–water partition coefficient (Wildman–Crippen LogP) is 2.20. The average molecular weight is 554 g/mol. The number of benzene rings is 1. The number of rotatable bonds is 7. The quantitative estimate of drug-likeness (QED) is 0.375. The number of anilines is 1. The second-order valence-corrected chi connectivity index (χ2v) is 11.9. The van der Waals surface area contributed by atoms with Gasteiger partial charge in [-0.1, -0.05) is 12.1 Å². The van der Waals surface area contributed by atoms with Crippen LogP contribution in [0.15, 0.2) is 46.6 Å². The largest absolute Gasteiger partial charge is 0.454 e. The summed E-state index contributed by atoms with van der Waals surface area (Å²) in [5.41, 5.74) is 3.31. The van der Waals surface area contributed by atoms with Crippen LogP contribution in [0.3, 0.4) is 0 Å². The van der Waals surface area contributed by atoms with Crippen molar-refractivity contribution in [1.82, 2.24) is 24.1 Å². The summed E-state index contributed by atoms with van der Waals surface area (Å²) in [6.07, 6.45) is 8.38. The van der Waals surface area contributed by atoms with Gasteiger partial charge >= 0.3 is 18.8 Å². The van der Waals surface area contributed by atoms with Crippen molar-refractivity contribution in [3.63, 3.8) is 0 Å². The van der Waals surface area contributed by atoms with Crippen LogP contribution in [0.1, 0.15) is 43.9 Å². The Hall–Kier alpha value is -3.49. The Morgan fingerprint density at radius 2 is 2.10 bits per heavy atom. The molecule has 39 heavy (non-hydrogen) atoms. The molecule has 1 saturated heterocycles. The summed E-state index contributed by atoms with van der Waals surface area (Å²) in [6, 6.07) is 4.24. The normalized spacial score (nSPS) is 17.3. The summed E-state index contributed by atoms with van der Waals surface area (Å²) in [6.45, 7) is 4.45. The number of hydrogen-bond donors (Lipinski definition) is 3. The molecular weight excluding hydrogens is 523 g/mol. The number of urea groups is 1. The van der Waals surface area contributed by atoms with Gasteiger partial charge in [-0.2, -0.15) is 13.5 Å². The minimum Gasteiger partial charge on any atom is -0.427 e. The maximum atomic E-state index is 13.0. The van der Waals surface area contributed by atoms with E-state index in [4.69, 9.17) is 4.65 Å². The number of aromatic nitrogens is 4. The van der Waals surface area contributed by atoms with Crippen molar-refractivity contribution in [2.45, 2.75) is 63.5 Å². The Kier molecular flexibility index (Phi) is 7.60. The zero-order valence-electron chi connectivity index (χ0n) is 21.8. The molecule has 206 valence electrons. The molecule has 1 unspecified atom stereocenters. The van der Waals surface area contributed by atoms with Gasteiger partial charge in [0, 0.05) is 48.9 Å². The van der Waals surface area contributed by atoms with Gasteiger partial charge in [-0.25, -0.2) is 19.3 Å². The first kappa shape index (κ1) is 27.1. The zero-order valence-corrected chi connectivity index (χ0v) is 22.6. The van der Waals surface area contributed by atoms with Crippen LogP contribution in [0, 0.1) is 5.92 Å². The summed E-state index contributed by atoms with van der Waals surface area (Å²) < 4.78 is 36.0. The number of carbonyl (C=O) groups excluding carboxylic acids is 1. The fourth-order valence-electron chi connectivity index (χ4n) is 5.05. The summed E-state index contributed by atoms with van der Waals surface area (Å²) in [4.78, 5) is 29.6. The van der Waals surface area contributed by atoms with Crippen LogP contribution in [-0.4, -0.2) is 52.5 Å². The third kappa shape index (κ3) is 5.92. The number of carbonyl (C=O) groups is 1. The number of fused-ring (bicyclic) bond motifs is 1. The van der Waals surface area contributed by atoms with Gasteiger partial charge in [0.2, 0.25) is 0 Å². The fourth-order valence-corrected chi connectivity index (χ4v) is 5.90. The second-order valence-electron chi connectivity index (χ2n) is 10.3. The van der Waals surface area contributed by atoms with Crippen molar-refractivity contribution in [1.29, 1.82) is 0 Å². The second kappa shape index (κ2) is 10.9. The van der Waals surface area contributed by atoms with Gasteiger partial charge in [-0.3, -0.25) is 9.25 Å². The summed E-state index contributed by atoms with van der Waals surface area (Å²) in [5, 5.41) is 16.2. The van der Waals surface area contributed by atoms with Crippen molar-refractivity contribution >= 4 is 28.9 Å². The minimum atomic E-state index is -4.20. The summed E-state index contributed by atoms with van der Waals surface area (Å²) >= 11 is 0. The van der Waals surface area contributed by atoms with Crippen molar-refractivity contribution in [3.8, 4) is 11.1 Å². The van der Waals surface area contributed by atoms with Crippen LogP contribution in [0.2, 0.25) is 6.32 Å². The molecule has 1 fully saturated rings. The van der Waals surface area contributed by atoms with E-state index < -0.39 is 28.9 Å². The molecule has 12 nitrogen and oxygen atoms in total. The van der Waals surface area contributed by atoms with Gasteiger partial charge in [0.25, 0.3) is 10.0 Å². The van der Waals surface area contributed by atoms with Crippen molar-refractivity contribution in [2.75, 3.05) is 11.9 Å². The first-order valence-electron chi connectivity index (χ1n) is 13.0. The van der Waals surface area contributed by atoms with Crippen LogP contribution in [0.4, 0.5) is 10.5 Å². The zero-order chi connectivity index (χ0) is 27.7. The lowest BCUT2D eigenvalue weighted by atomic mass is 9.77. The smallest absolute Gasteiger partial charge is 0.427 e. The highest BCUT2D eigenvalue weighted by molar-refractivity contribution is 7.90. The fraction of sp³-hybridized carbons (Fsp3) is 0.440. The molecule has 1 aliphatic carbocycles. The van der Waals surface area contributed by atoms with Gasteiger partial charge in [-0.15, -0.1) is 0 Å². The Bertz CT molecular complexity index is 1540. The van der Waals surface area contributed by atoms with Crippen molar-refractivity contribution in [2.24, 2.45) is 5.92 Å². The first-order chi connectivity index (χ1) is 18.6. The molecule has 1 atom stereocenters. The minimum absolute atomic E-state index is 0.0358. The number of nitrogens with zero attached hydrogens (tertiary/aromatic N) is 4. The van der Waals surface area contributed by atoms with E-state index in [9.17, 15) is 23.0 Å². The molecule has 2 aromatic heterocycles. The Morgan fingerprint density at radius 3 is 2.82 bits per heavy atom. The molecule has 1 aromatic carbocycles. The monoisotopic (exact) mass is 554 g/mol. The Balaban J connectivity index is 1.42. The first-order valence-corrected chi connectivity index (χ1v) is 14.5. The number of nitrogens with one attached hydrogen (secondary N) is 2. The van der Waals surface area contributed by atoms with E-state index in [2.05, 4.69) is 20.1 Å². The number of hydrogen-bond acceptors (Lipinski definition) is 8. The van der Waals surface area contributed by atoms with E-state index >= 15 is 0 Å². The number of amides is 2. The average Bonchev–Trinajstić information content (AvgIpc) is 3.58. The van der Waals surface area contributed by atoms with Gasteiger partial charge in [0.1, 0.15) is 0 Å². The SMILES string of the molecule is CC(C)n1ccc(S(=O)(=O)NC(=O)Nc2c(-c3cnc(=O)n(CC4CCB(O)OC4)c3)ccc3c2CCC3)n1. The van der Waals surface area contributed by atoms with E-state index in [1.807, 2.05) is 26.0 Å². The topological polar surface area (TPSA) is 157 Å². The lowest BCUT2D eigenvalue weighted by Gasteiger charge is -2.24. The van der Waals surface area contributed by atoms with E-state index in [0.29, 0.717) is 42.7 Å². The maximum Gasteiger partial charge on any atom is 0.454 e. The molecular formula is C25H31BN6O6S. The van der Waals surface area contributed by atoms with E-state index in [1.165, 1.54) is 21.5 Å². The highest BCUT2D eigenvalue weighted by atomic mass is 32.2. The maximum absolute atomic E-state index is 13.0. The van der Waals surface area contributed by atoms with Gasteiger partial charge in [0.15, 0.2) is 5.03 Å². The Labute approximate surface area is 226 Å². The molecule has 3 aromatic rings. The summed E-state index contributed by atoms with van der Waals surface area (Å²) in [5.74, 6) is 0.0518. The molecule has 0 spiro atoms. The lowest BCUT2D eigenvalue weighted by Crippen LogP contribution is -2.35. The number of aryl methyl sites for hydroxylation is 1. The molecule has 0 bridgehead atoms. The van der Waals surface area contributed by atoms with Gasteiger partial charge < -0.3 is 15.0 Å². The molecule has 5 rings (SSSR count).